The average Bonchev–Trinajstić information content (AvgIpc) is 2.38. The quantitative estimate of drug-likeness (QED) is 0.583. The predicted octanol–water partition coefficient (Wildman–Crippen LogP) is 4.54. The van der Waals surface area contributed by atoms with Crippen LogP contribution < -0.4 is 5.43 Å². The molecule has 0 saturated carbocycles. The van der Waals surface area contributed by atoms with Gasteiger partial charge in [0.1, 0.15) is 0 Å². The molecule has 90 valence electrons. The Hall–Kier alpha value is -1.67. The van der Waals surface area contributed by atoms with Gasteiger partial charge < -0.3 is 0 Å². The lowest BCUT2D eigenvalue weighted by molar-refractivity contribution is 0.878. The normalized spacial score (nSPS) is 11.5. The van der Waals surface area contributed by atoms with Crippen LogP contribution in [0.3, 0.4) is 0 Å². The molecule has 0 aliphatic heterocycles. The highest BCUT2D eigenvalue weighted by atomic mass is 32.1. The van der Waals surface area contributed by atoms with Crippen LogP contribution in [0.15, 0.2) is 47.3 Å². The van der Waals surface area contributed by atoms with Gasteiger partial charge in [0.25, 0.3) is 0 Å². The molecule has 0 atom stereocenters. The Morgan fingerprint density at radius 3 is 2.44 bits per heavy atom. The molecule has 0 amide bonds. The van der Waals surface area contributed by atoms with Crippen molar-refractivity contribution < 1.29 is 0 Å². The zero-order valence-electron chi connectivity index (χ0n) is 10.4. The van der Waals surface area contributed by atoms with Crippen LogP contribution in [0.1, 0.15) is 25.3 Å². The topological polar surface area (TPSA) is 17.1 Å². The molecule has 1 heterocycles. The number of hydrogen-bond acceptors (Lipinski definition) is 2. The van der Waals surface area contributed by atoms with Gasteiger partial charge in [-0.3, -0.25) is 4.79 Å². The molecule has 0 N–H and O–H groups in total. The molecule has 18 heavy (non-hydrogen) atoms. The van der Waals surface area contributed by atoms with Gasteiger partial charge in [0.05, 0.1) is 0 Å². The van der Waals surface area contributed by atoms with Crippen LogP contribution >= 0.6 is 11.3 Å². The summed E-state index contributed by atoms with van der Waals surface area (Å²) in [6.45, 7) is 4.34. The van der Waals surface area contributed by atoms with Gasteiger partial charge in [0.2, 0.25) is 0 Å². The first kappa shape index (κ1) is 11.4. The van der Waals surface area contributed by atoms with Crippen molar-refractivity contribution in [3.8, 4) is 0 Å². The van der Waals surface area contributed by atoms with E-state index in [0.29, 0.717) is 5.92 Å². The zero-order valence-corrected chi connectivity index (χ0v) is 11.3. The van der Waals surface area contributed by atoms with Gasteiger partial charge >= 0.3 is 0 Å². The lowest BCUT2D eigenvalue weighted by Gasteiger charge is -2.09. The first-order chi connectivity index (χ1) is 8.68. The maximum atomic E-state index is 12.5. The lowest BCUT2D eigenvalue weighted by Crippen LogP contribution is -2.02. The molecule has 0 unspecified atom stereocenters. The summed E-state index contributed by atoms with van der Waals surface area (Å²) < 4.78 is 2.21. The standard InChI is InChI=1S/C16H14OS/c1-10(2)11-7-5-8-13-15(17)12-6-3-4-9-14(12)18-16(11)13/h3-10H,1-2H3. The third-order valence-corrected chi connectivity index (χ3v) is 4.49. The number of fused-ring (bicyclic) bond motifs is 2. The summed E-state index contributed by atoms with van der Waals surface area (Å²) in [6.07, 6.45) is 0. The summed E-state index contributed by atoms with van der Waals surface area (Å²) in [5, 5.41) is 1.68. The van der Waals surface area contributed by atoms with Crippen LogP contribution in [0.5, 0.6) is 0 Å². The van der Waals surface area contributed by atoms with Gasteiger partial charge in [-0.05, 0) is 29.7 Å². The molecule has 0 fully saturated rings. The second-order valence-corrected chi connectivity index (χ2v) is 5.86. The summed E-state index contributed by atoms with van der Waals surface area (Å²) in [4.78, 5) is 12.5. The minimum atomic E-state index is 0.154. The van der Waals surface area contributed by atoms with E-state index in [1.54, 1.807) is 11.3 Å². The van der Waals surface area contributed by atoms with E-state index < -0.39 is 0 Å². The molecule has 0 spiro atoms. The number of benzene rings is 2. The summed E-state index contributed by atoms with van der Waals surface area (Å²) in [6, 6.07) is 13.9. The van der Waals surface area contributed by atoms with Crippen LogP contribution in [-0.4, -0.2) is 0 Å². The Morgan fingerprint density at radius 2 is 1.67 bits per heavy atom. The summed E-state index contributed by atoms with van der Waals surface area (Å²) in [5.41, 5.74) is 1.42. The van der Waals surface area contributed by atoms with E-state index >= 15 is 0 Å². The Labute approximate surface area is 110 Å². The van der Waals surface area contributed by atoms with Crippen molar-refractivity contribution in [1.82, 2.24) is 0 Å². The fraction of sp³-hybridized carbons (Fsp3) is 0.188. The molecular weight excluding hydrogens is 240 g/mol. The van der Waals surface area contributed by atoms with E-state index in [2.05, 4.69) is 19.9 Å². The summed E-state index contributed by atoms with van der Waals surface area (Å²) in [7, 11) is 0. The van der Waals surface area contributed by atoms with Crippen molar-refractivity contribution in [3.63, 3.8) is 0 Å². The molecule has 2 heteroatoms. The molecule has 3 aromatic rings. The minimum absolute atomic E-state index is 0.154. The maximum absolute atomic E-state index is 12.5. The Morgan fingerprint density at radius 1 is 0.944 bits per heavy atom. The van der Waals surface area contributed by atoms with Crippen molar-refractivity contribution in [2.24, 2.45) is 0 Å². The molecular formula is C16H14OS. The van der Waals surface area contributed by atoms with Gasteiger partial charge in [-0.25, -0.2) is 0 Å². The van der Waals surface area contributed by atoms with Crippen molar-refractivity contribution in [1.29, 1.82) is 0 Å². The van der Waals surface area contributed by atoms with Gasteiger partial charge in [-0.15, -0.1) is 11.3 Å². The molecule has 0 aliphatic rings. The fourth-order valence-electron chi connectivity index (χ4n) is 2.30. The Balaban J connectivity index is 2.56. The number of hydrogen-bond donors (Lipinski definition) is 0. The van der Waals surface area contributed by atoms with E-state index in [4.69, 9.17) is 0 Å². The maximum Gasteiger partial charge on any atom is 0.195 e. The van der Waals surface area contributed by atoms with E-state index in [1.807, 2.05) is 36.4 Å². The summed E-state index contributed by atoms with van der Waals surface area (Å²) in [5.74, 6) is 0.436. The molecule has 0 bridgehead atoms. The Kier molecular flexibility index (Phi) is 2.67. The van der Waals surface area contributed by atoms with Crippen molar-refractivity contribution in [2.45, 2.75) is 19.8 Å². The van der Waals surface area contributed by atoms with Crippen molar-refractivity contribution >= 4 is 31.5 Å². The molecule has 1 aromatic heterocycles. The van der Waals surface area contributed by atoms with E-state index in [9.17, 15) is 4.79 Å². The predicted molar refractivity (Wildman–Crippen MR) is 79.7 cm³/mol. The molecule has 0 radical (unpaired) electrons. The highest BCUT2D eigenvalue weighted by Gasteiger charge is 2.10. The second-order valence-electron chi connectivity index (χ2n) is 4.81. The average molecular weight is 254 g/mol. The van der Waals surface area contributed by atoms with Crippen molar-refractivity contribution in [2.75, 3.05) is 0 Å². The first-order valence-corrected chi connectivity index (χ1v) is 6.94. The van der Waals surface area contributed by atoms with Crippen LogP contribution in [0.25, 0.3) is 20.2 Å². The van der Waals surface area contributed by atoms with Gasteiger partial charge in [-0.1, -0.05) is 38.1 Å². The molecule has 3 rings (SSSR count). The lowest BCUT2D eigenvalue weighted by atomic mass is 10.0. The van der Waals surface area contributed by atoms with E-state index in [0.717, 1.165) is 20.2 Å². The van der Waals surface area contributed by atoms with E-state index in [1.165, 1.54) is 5.56 Å². The Bertz CT molecular complexity index is 784. The van der Waals surface area contributed by atoms with Gasteiger partial charge in [0, 0.05) is 20.2 Å². The van der Waals surface area contributed by atoms with Crippen LogP contribution in [-0.2, 0) is 0 Å². The SMILES string of the molecule is CC(C)c1cccc2c(=O)c3ccccc3sc12. The molecule has 0 aliphatic carbocycles. The fourth-order valence-corrected chi connectivity index (χ4v) is 3.63. The first-order valence-electron chi connectivity index (χ1n) is 6.13. The highest BCUT2D eigenvalue weighted by Crippen LogP contribution is 2.30. The van der Waals surface area contributed by atoms with Crippen LogP contribution in [0, 0.1) is 0 Å². The highest BCUT2D eigenvalue weighted by molar-refractivity contribution is 7.24. The van der Waals surface area contributed by atoms with E-state index in [-0.39, 0.29) is 5.43 Å². The zero-order chi connectivity index (χ0) is 12.7. The molecule has 2 aromatic carbocycles. The monoisotopic (exact) mass is 254 g/mol. The summed E-state index contributed by atoms with van der Waals surface area (Å²) >= 11 is 1.72. The van der Waals surface area contributed by atoms with Crippen molar-refractivity contribution in [3.05, 3.63) is 58.3 Å². The second kappa shape index (κ2) is 4.21. The number of rotatable bonds is 1. The molecule has 1 nitrogen and oxygen atoms in total. The third-order valence-electron chi connectivity index (χ3n) is 3.26. The smallest absolute Gasteiger partial charge is 0.195 e. The van der Waals surface area contributed by atoms with Gasteiger partial charge in [0.15, 0.2) is 5.43 Å². The van der Waals surface area contributed by atoms with Crippen LogP contribution in [0.4, 0.5) is 0 Å². The minimum Gasteiger partial charge on any atom is -0.289 e. The van der Waals surface area contributed by atoms with Gasteiger partial charge in [-0.2, -0.15) is 0 Å². The molecule has 0 saturated heterocycles. The third kappa shape index (κ3) is 1.65. The van der Waals surface area contributed by atoms with Crippen LogP contribution in [0.2, 0.25) is 0 Å². The largest absolute Gasteiger partial charge is 0.289 e.